The molecular weight excluding hydrogens is 421 g/mol. The van der Waals surface area contributed by atoms with Gasteiger partial charge in [-0.15, -0.1) is 0 Å². The number of Topliss-reactive ketones (excluding diaryl/α,β-unsaturated/α-hetero) is 1. The Kier molecular flexibility index (Phi) is 8.82. The van der Waals surface area contributed by atoms with Crippen molar-refractivity contribution in [3.63, 3.8) is 0 Å². The van der Waals surface area contributed by atoms with Gasteiger partial charge in [-0.3, -0.25) is 24.0 Å². The van der Waals surface area contributed by atoms with E-state index in [0.29, 0.717) is 5.56 Å². The lowest BCUT2D eigenvalue weighted by molar-refractivity contribution is -0.140. The van der Waals surface area contributed by atoms with Crippen LogP contribution in [0.25, 0.3) is 0 Å². The zero-order valence-electron chi connectivity index (χ0n) is 17.4. The van der Waals surface area contributed by atoms with E-state index in [1.165, 1.54) is 18.3 Å². The topological polar surface area (TPSA) is 135 Å². The molecule has 0 aliphatic rings. The van der Waals surface area contributed by atoms with Crippen molar-refractivity contribution in [3.8, 4) is 0 Å². The lowest BCUT2D eigenvalue weighted by atomic mass is 10.0. The number of amides is 2. The van der Waals surface area contributed by atoms with E-state index in [-0.39, 0.29) is 24.4 Å². The van der Waals surface area contributed by atoms with E-state index in [9.17, 15) is 28.4 Å². The maximum absolute atomic E-state index is 13.1. The number of carbonyl (C=O) groups is 4. The molecule has 2 aromatic rings. The molecule has 2 atom stereocenters. The molecule has 2 amide bonds. The van der Waals surface area contributed by atoms with Crippen LogP contribution in [0.5, 0.6) is 0 Å². The van der Waals surface area contributed by atoms with E-state index < -0.39 is 48.4 Å². The summed E-state index contributed by atoms with van der Waals surface area (Å²) in [6.07, 6.45) is 0.722. The van der Waals surface area contributed by atoms with E-state index in [2.05, 4.69) is 10.6 Å². The zero-order chi connectivity index (χ0) is 23.7. The Balaban J connectivity index is 2.44. The van der Waals surface area contributed by atoms with E-state index >= 15 is 0 Å². The maximum atomic E-state index is 13.1. The Labute approximate surface area is 183 Å². The Morgan fingerprint density at radius 1 is 1.09 bits per heavy atom. The summed E-state index contributed by atoms with van der Waals surface area (Å²) < 4.78 is 14.0. The van der Waals surface area contributed by atoms with Crippen molar-refractivity contribution in [3.05, 3.63) is 64.6 Å². The molecule has 0 spiro atoms. The van der Waals surface area contributed by atoms with Gasteiger partial charge in [0.2, 0.25) is 11.8 Å². The molecule has 0 saturated heterocycles. The molecule has 9 nitrogen and oxygen atoms in total. The SMILES string of the molecule is CCC(=O)Nc1cccn(C(Cc2ccccc2)C(=O)NC(CC(=O)O)C(=O)CF)c1=O. The lowest BCUT2D eigenvalue weighted by Crippen LogP contribution is -2.47. The summed E-state index contributed by atoms with van der Waals surface area (Å²) in [7, 11) is 0. The van der Waals surface area contributed by atoms with Crippen molar-refractivity contribution >= 4 is 29.3 Å². The molecular formula is C22H24FN3O6. The molecule has 3 N–H and O–H groups in total. The number of rotatable bonds is 11. The van der Waals surface area contributed by atoms with Gasteiger partial charge in [-0.2, -0.15) is 0 Å². The molecule has 170 valence electrons. The predicted molar refractivity (Wildman–Crippen MR) is 114 cm³/mol. The number of carboxylic acids is 1. The Morgan fingerprint density at radius 3 is 2.38 bits per heavy atom. The summed E-state index contributed by atoms with van der Waals surface area (Å²) in [5.74, 6) is -3.70. The van der Waals surface area contributed by atoms with Gasteiger partial charge in [0, 0.05) is 19.0 Å². The highest BCUT2D eigenvalue weighted by atomic mass is 19.1. The van der Waals surface area contributed by atoms with Gasteiger partial charge in [0.1, 0.15) is 24.4 Å². The van der Waals surface area contributed by atoms with E-state index in [1.807, 2.05) is 0 Å². The Bertz CT molecular complexity index is 1040. The largest absolute Gasteiger partial charge is 0.481 e. The van der Waals surface area contributed by atoms with Crippen LogP contribution in [0.15, 0.2) is 53.5 Å². The van der Waals surface area contributed by atoms with Crippen molar-refractivity contribution in [1.29, 1.82) is 0 Å². The number of aromatic nitrogens is 1. The van der Waals surface area contributed by atoms with Crippen LogP contribution in [0, 0.1) is 0 Å². The average molecular weight is 445 g/mol. The van der Waals surface area contributed by atoms with E-state index in [0.717, 1.165) is 4.57 Å². The smallest absolute Gasteiger partial charge is 0.305 e. The number of benzene rings is 1. The van der Waals surface area contributed by atoms with Crippen molar-refractivity contribution in [2.45, 2.75) is 38.3 Å². The summed E-state index contributed by atoms with van der Waals surface area (Å²) in [5, 5.41) is 13.7. The molecule has 1 aromatic carbocycles. The van der Waals surface area contributed by atoms with Gasteiger partial charge in [0.05, 0.1) is 6.42 Å². The number of anilines is 1. The Hall–Kier alpha value is -3.82. The van der Waals surface area contributed by atoms with Gasteiger partial charge in [0.15, 0.2) is 5.78 Å². The van der Waals surface area contributed by atoms with Crippen LogP contribution in [0.3, 0.4) is 0 Å². The molecule has 0 aliphatic heterocycles. The van der Waals surface area contributed by atoms with Crippen LogP contribution >= 0.6 is 0 Å². The maximum Gasteiger partial charge on any atom is 0.305 e. The third-order valence-corrected chi connectivity index (χ3v) is 4.70. The minimum atomic E-state index is -1.58. The number of ketones is 1. The minimum Gasteiger partial charge on any atom is -0.481 e. The first-order valence-corrected chi connectivity index (χ1v) is 9.92. The summed E-state index contributed by atoms with van der Waals surface area (Å²) in [6, 6.07) is 8.81. The minimum absolute atomic E-state index is 0.0291. The van der Waals surface area contributed by atoms with Gasteiger partial charge in [-0.25, -0.2) is 4.39 Å². The first-order valence-electron chi connectivity index (χ1n) is 9.92. The van der Waals surface area contributed by atoms with Crippen LogP contribution in [-0.2, 0) is 25.6 Å². The number of carboxylic acid groups (broad SMARTS) is 1. The molecule has 0 fully saturated rings. The summed E-state index contributed by atoms with van der Waals surface area (Å²) in [6.45, 7) is 0.174. The highest BCUT2D eigenvalue weighted by molar-refractivity contribution is 5.93. The second kappa shape index (κ2) is 11.5. The number of hydrogen-bond acceptors (Lipinski definition) is 5. The molecule has 0 bridgehead atoms. The van der Waals surface area contributed by atoms with Crippen LogP contribution in [0.2, 0.25) is 0 Å². The molecule has 2 rings (SSSR count). The fourth-order valence-corrected chi connectivity index (χ4v) is 3.02. The number of aliphatic carboxylic acids is 1. The van der Waals surface area contributed by atoms with Gasteiger partial charge in [-0.05, 0) is 17.7 Å². The summed E-state index contributed by atoms with van der Waals surface area (Å²) in [5.41, 5.74) is -0.00161. The van der Waals surface area contributed by atoms with Gasteiger partial charge in [0.25, 0.3) is 5.56 Å². The first-order chi connectivity index (χ1) is 15.3. The Morgan fingerprint density at radius 2 is 1.78 bits per heavy atom. The molecule has 10 heteroatoms. The number of nitrogens with zero attached hydrogens (tertiary/aromatic N) is 1. The average Bonchev–Trinajstić information content (AvgIpc) is 2.78. The van der Waals surface area contributed by atoms with Gasteiger partial charge in [-0.1, -0.05) is 37.3 Å². The predicted octanol–water partition coefficient (Wildman–Crippen LogP) is 1.48. The van der Waals surface area contributed by atoms with Crippen LogP contribution in [0.1, 0.15) is 31.4 Å². The highest BCUT2D eigenvalue weighted by Crippen LogP contribution is 2.15. The fourth-order valence-electron chi connectivity index (χ4n) is 3.02. The lowest BCUT2D eigenvalue weighted by Gasteiger charge is -2.23. The molecule has 0 radical (unpaired) electrons. The van der Waals surface area contributed by atoms with Gasteiger partial charge >= 0.3 is 5.97 Å². The van der Waals surface area contributed by atoms with Crippen LogP contribution < -0.4 is 16.2 Å². The zero-order valence-corrected chi connectivity index (χ0v) is 17.4. The molecule has 0 aliphatic carbocycles. The van der Waals surface area contributed by atoms with E-state index in [1.54, 1.807) is 37.3 Å². The summed E-state index contributed by atoms with van der Waals surface area (Å²) >= 11 is 0. The second-order valence-corrected chi connectivity index (χ2v) is 7.00. The van der Waals surface area contributed by atoms with Crippen LogP contribution in [0.4, 0.5) is 10.1 Å². The van der Waals surface area contributed by atoms with Crippen molar-refractivity contribution in [1.82, 2.24) is 9.88 Å². The quantitative estimate of drug-likeness (QED) is 0.480. The number of nitrogens with one attached hydrogen (secondary N) is 2. The number of pyridine rings is 1. The summed E-state index contributed by atoms with van der Waals surface area (Å²) in [4.78, 5) is 60.6. The number of carbonyl (C=O) groups excluding carboxylic acids is 3. The van der Waals surface area contributed by atoms with E-state index in [4.69, 9.17) is 5.11 Å². The fraction of sp³-hybridized carbons (Fsp3) is 0.318. The molecule has 0 saturated carbocycles. The molecule has 32 heavy (non-hydrogen) atoms. The first kappa shape index (κ1) is 24.4. The molecule has 1 aromatic heterocycles. The third kappa shape index (κ3) is 6.59. The number of hydrogen-bond donors (Lipinski definition) is 3. The number of halogens is 1. The van der Waals surface area contributed by atoms with Crippen molar-refractivity contribution in [2.24, 2.45) is 0 Å². The van der Waals surface area contributed by atoms with Crippen molar-refractivity contribution < 1.29 is 28.7 Å². The highest BCUT2D eigenvalue weighted by Gasteiger charge is 2.29. The van der Waals surface area contributed by atoms with Crippen LogP contribution in [-0.4, -0.2) is 46.0 Å². The standard InChI is InChI=1S/C22H24FN3O6/c1-2-19(28)24-15-9-6-10-26(22(15)32)17(11-14-7-4-3-5-8-14)21(31)25-16(12-20(29)30)18(27)13-23/h3-10,16-17H,2,11-13H2,1H3,(H,24,28)(H,25,31)(H,29,30). The molecule has 2 unspecified atom stereocenters. The monoisotopic (exact) mass is 445 g/mol. The van der Waals surface area contributed by atoms with Gasteiger partial charge < -0.3 is 20.3 Å². The second-order valence-electron chi connectivity index (χ2n) is 7.00. The van der Waals surface area contributed by atoms with Crippen molar-refractivity contribution in [2.75, 3.05) is 12.0 Å². The normalized spacial score (nSPS) is 12.4. The third-order valence-electron chi connectivity index (χ3n) is 4.70. The molecule has 1 heterocycles. The number of alkyl halides is 1.